The molecule has 0 saturated carbocycles. The Kier molecular flexibility index (Phi) is 7.25. The third-order valence-electron chi connectivity index (χ3n) is 6.44. The van der Waals surface area contributed by atoms with E-state index < -0.39 is 10.0 Å². The lowest BCUT2D eigenvalue weighted by atomic mass is 9.96. The lowest BCUT2D eigenvalue weighted by Gasteiger charge is -2.31. The number of carbonyl (C=O) groups excluding carboxylic acids is 1. The van der Waals surface area contributed by atoms with Crippen LogP contribution in [0.15, 0.2) is 34.7 Å². The lowest BCUT2D eigenvalue weighted by Crippen LogP contribution is -2.45. The number of aromatic nitrogens is 3. The zero-order chi connectivity index (χ0) is 22.6. The van der Waals surface area contributed by atoms with Crippen LogP contribution in [0, 0.1) is 5.92 Å². The summed E-state index contributed by atoms with van der Waals surface area (Å²) < 4.78 is 29.8. The minimum atomic E-state index is -3.69. The first-order chi connectivity index (χ1) is 15.5. The summed E-state index contributed by atoms with van der Waals surface area (Å²) in [5.41, 5.74) is 2.83. The van der Waals surface area contributed by atoms with Crippen molar-refractivity contribution in [2.45, 2.75) is 69.7 Å². The van der Waals surface area contributed by atoms with Crippen molar-refractivity contribution < 1.29 is 13.2 Å². The highest BCUT2D eigenvalue weighted by molar-refractivity contribution is 7.89. The number of aryl methyl sites for hydroxylation is 1. The normalized spacial score (nSPS) is 20.3. The van der Waals surface area contributed by atoms with Crippen molar-refractivity contribution in [3.8, 4) is 0 Å². The Morgan fingerprint density at radius 1 is 1.25 bits per heavy atom. The minimum absolute atomic E-state index is 0.0423. The highest BCUT2D eigenvalue weighted by Gasteiger charge is 2.33. The van der Waals surface area contributed by atoms with E-state index in [0.29, 0.717) is 31.4 Å². The topological polar surface area (TPSA) is 97.2 Å². The van der Waals surface area contributed by atoms with Gasteiger partial charge in [0.1, 0.15) is 5.52 Å². The van der Waals surface area contributed by atoms with Gasteiger partial charge in [0, 0.05) is 26.2 Å². The van der Waals surface area contributed by atoms with Crippen LogP contribution in [0.1, 0.15) is 58.3 Å². The number of amides is 1. The third-order valence-corrected chi connectivity index (χ3v) is 8.30. The average Bonchev–Trinajstić information content (AvgIpc) is 3.22. The maximum Gasteiger partial charge on any atom is 0.243 e. The molecule has 1 atom stereocenters. The number of fused-ring (bicyclic) bond motifs is 1. The van der Waals surface area contributed by atoms with E-state index in [2.05, 4.69) is 28.6 Å². The molecule has 1 fully saturated rings. The predicted octanol–water partition coefficient (Wildman–Crippen LogP) is 3.25. The van der Waals surface area contributed by atoms with Crippen LogP contribution in [-0.4, -0.2) is 53.3 Å². The maximum absolute atomic E-state index is 13.3. The van der Waals surface area contributed by atoms with Gasteiger partial charge in [-0.25, -0.2) is 13.1 Å². The van der Waals surface area contributed by atoms with Crippen molar-refractivity contribution in [2.75, 3.05) is 19.6 Å². The summed E-state index contributed by atoms with van der Waals surface area (Å²) in [5.74, 6) is -0.354. The Morgan fingerprint density at radius 3 is 2.91 bits per heavy atom. The number of nitrogens with one attached hydrogen (secondary N) is 1. The van der Waals surface area contributed by atoms with Crippen molar-refractivity contribution >= 4 is 27.0 Å². The first-order valence-electron chi connectivity index (χ1n) is 11.8. The summed E-state index contributed by atoms with van der Waals surface area (Å²) >= 11 is 0. The van der Waals surface area contributed by atoms with Crippen LogP contribution in [0.25, 0.3) is 11.0 Å². The van der Waals surface area contributed by atoms with Gasteiger partial charge in [0.2, 0.25) is 15.9 Å². The Morgan fingerprint density at radius 2 is 2.12 bits per heavy atom. The van der Waals surface area contributed by atoms with Crippen LogP contribution in [-0.2, 0) is 21.4 Å². The van der Waals surface area contributed by atoms with Crippen molar-refractivity contribution in [3.05, 3.63) is 29.8 Å². The van der Waals surface area contributed by atoms with Crippen LogP contribution >= 0.6 is 0 Å². The van der Waals surface area contributed by atoms with Gasteiger partial charge < -0.3 is 5.32 Å². The minimum Gasteiger partial charge on any atom is -0.356 e. The molecule has 1 aliphatic carbocycles. The molecule has 32 heavy (non-hydrogen) atoms. The Balaban J connectivity index is 1.39. The number of rotatable bonds is 8. The second kappa shape index (κ2) is 10.1. The standard InChI is InChI=1S/C23H33N5O3S/c1-2-14-28-22-11-10-20(16-21(22)25-26-28)32(30,31)27-15-6-9-19(17-27)23(29)24-13-12-18-7-4-3-5-8-18/h7,10-11,16,19H,2-6,8-9,12-15,17H2,1H3,(H,24,29). The summed E-state index contributed by atoms with van der Waals surface area (Å²) in [6.07, 6.45) is 10.3. The highest BCUT2D eigenvalue weighted by atomic mass is 32.2. The number of piperidine rings is 1. The van der Waals surface area contributed by atoms with E-state index in [0.717, 1.165) is 37.7 Å². The smallest absolute Gasteiger partial charge is 0.243 e. The van der Waals surface area contributed by atoms with Gasteiger partial charge in [0.15, 0.2) is 0 Å². The fourth-order valence-corrected chi connectivity index (χ4v) is 6.18. The third kappa shape index (κ3) is 5.04. The van der Waals surface area contributed by atoms with Crippen LogP contribution in [0.4, 0.5) is 0 Å². The summed E-state index contributed by atoms with van der Waals surface area (Å²) in [6, 6.07) is 4.98. The van der Waals surface area contributed by atoms with Gasteiger partial charge in [-0.05, 0) is 69.6 Å². The van der Waals surface area contributed by atoms with Crippen LogP contribution in [0.5, 0.6) is 0 Å². The van der Waals surface area contributed by atoms with E-state index in [-0.39, 0.29) is 23.3 Å². The molecule has 1 N–H and O–H groups in total. The Bertz CT molecular complexity index is 1090. The molecule has 2 aromatic rings. The molecule has 1 aromatic carbocycles. The molecule has 174 valence electrons. The van der Waals surface area contributed by atoms with Gasteiger partial charge in [-0.3, -0.25) is 4.79 Å². The molecule has 1 aliphatic heterocycles. The number of sulfonamides is 1. The molecule has 1 aromatic heterocycles. The number of hydrogen-bond donors (Lipinski definition) is 1. The lowest BCUT2D eigenvalue weighted by molar-refractivity contribution is -0.126. The fraction of sp³-hybridized carbons (Fsp3) is 0.609. The molecule has 1 unspecified atom stereocenters. The average molecular weight is 460 g/mol. The number of hydrogen-bond acceptors (Lipinski definition) is 5. The van der Waals surface area contributed by atoms with Gasteiger partial charge >= 0.3 is 0 Å². The van der Waals surface area contributed by atoms with Crippen molar-refractivity contribution in [1.29, 1.82) is 0 Å². The largest absolute Gasteiger partial charge is 0.356 e. The van der Waals surface area contributed by atoms with Gasteiger partial charge in [0.25, 0.3) is 0 Å². The molecular formula is C23H33N5O3S. The number of nitrogens with zero attached hydrogens (tertiary/aromatic N) is 4. The van der Waals surface area contributed by atoms with E-state index in [1.165, 1.54) is 22.7 Å². The van der Waals surface area contributed by atoms with E-state index >= 15 is 0 Å². The molecular weight excluding hydrogens is 426 g/mol. The van der Waals surface area contributed by atoms with E-state index in [1.807, 2.05) is 0 Å². The van der Waals surface area contributed by atoms with Crippen molar-refractivity contribution in [2.24, 2.45) is 5.92 Å². The number of allylic oxidation sites excluding steroid dienone is 1. The predicted molar refractivity (Wildman–Crippen MR) is 123 cm³/mol. The Hall–Kier alpha value is -2.26. The Labute approximate surface area is 190 Å². The monoisotopic (exact) mass is 459 g/mol. The van der Waals surface area contributed by atoms with E-state index in [4.69, 9.17) is 0 Å². The molecule has 0 radical (unpaired) electrons. The highest BCUT2D eigenvalue weighted by Crippen LogP contribution is 2.26. The van der Waals surface area contributed by atoms with Gasteiger partial charge in [0.05, 0.1) is 16.3 Å². The molecule has 2 aliphatic rings. The second-order valence-corrected chi connectivity index (χ2v) is 10.8. The fourth-order valence-electron chi connectivity index (χ4n) is 4.64. The molecule has 1 amide bonds. The maximum atomic E-state index is 13.3. The molecule has 1 saturated heterocycles. The summed E-state index contributed by atoms with van der Waals surface area (Å²) in [4.78, 5) is 12.9. The molecule has 0 bridgehead atoms. The van der Waals surface area contributed by atoms with Gasteiger partial charge in [-0.2, -0.15) is 4.31 Å². The first-order valence-corrected chi connectivity index (χ1v) is 13.2. The summed E-state index contributed by atoms with van der Waals surface area (Å²) in [5, 5.41) is 11.3. The second-order valence-electron chi connectivity index (χ2n) is 8.81. The summed E-state index contributed by atoms with van der Waals surface area (Å²) in [7, 11) is -3.69. The molecule has 8 nitrogen and oxygen atoms in total. The van der Waals surface area contributed by atoms with Gasteiger partial charge in [-0.15, -0.1) is 5.10 Å². The van der Waals surface area contributed by atoms with E-state index in [1.54, 1.807) is 22.9 Å². The zero-order valence-corrected chi connectivity index (χ0v) is 19.6. The molecule has 4 rings (SSSR count). The first kappa shape index (κ1) is 22.9. The molecule has 0 spiro atoms. The van der Waals surface area contributed by atoms with Gasteiger partial charge in [-0.1, -0.05) is 23.8 Å². The van der Waals surface area contributed by atoms with Crippen molar-refractivity contribution in [3.63, 3.8) is 0 Å². The zero-order valence-electron chi connectivity index (χ0n) is 18.8. The number of carbonyl (C=O) groups is 1. The number of benzene rings is 1. The van der Waals surface area contributed by atoms with Crippen LogP contribution < -0.4 is 5.32 Å². The van der Waals surface area contributed by atoms with Crippen LogP contribution in [0.3, 0.4) is 0 Å². The van der Waals surface area contributed by atoms with Crippen molar-refractivity contribution in [1.82, 2.24) is 24.6 Å². The quantitative estimate of drug-likeness (QED) is 0.611. The SMILES string of the molecule is CCCn1nnc2cc(S(=O)(=O)N3CCCC(C(=O)NCCC4=CCCCC4)C3)ccc21. The molecule has 2 heterocycles. The van der Waals surface area contributed by atoms with E-state index in [9.17, 15) is 13.2 Å². The molecule has 9 heteroatoms. The summed E-state index contributed by atoms with van der Waals surface area (Å²) in [6.45, 7) is 4.07. The van der Waals surface area contributed by atoms with Crippen LogP contribution in [0.2, 0.25) is 0 Å².